The fourth-order valence-electron chi connectivity index (χ4n) is 2.78. The Bertz CT molecular complexity index is 466. The Morgan fingerprint density at radius 2 is 2.05 bits per heavy atom. The monoisotopic (exact) mass is 290 g/mol. The molecule has 1 aromatic rings. The van der Waals surface area contributed by atoms with Crippen molar-refractivity contribution in [3.05, 3.63) is 29.6 Å². The lowest BCUT2D eigenvalue weighted by molar-refractivity contribution is -0.133. The fraction of sp³-hybridized carbons (Fsp3) is 0.647. The molecule has 21 heavy (non-hydrogen) atoms. The van der Waals surface area contributed by atoms with E-state index >= 15 is 0 Å². The molecule has 0 aromatic carbocycles. The van der Waals surface area contributed by atoms with Crippen LogP contribution in [0.15, 0.2) is 18.3 Å². The second-order valence-electron chi connectivity index (χ2n) is 5.84. The molecule has 1 saturated heterocycles. The van der Waals surface area contributed by atoms with E-state index in [1.165, 1.54) is 5.56 Å². The highest BCUT2D eigenvalue weighted by atomic mass is 16.5. The van der Waals surface area contributed by atoms with Gasteiger partial charge < -0.3 is 4.74 Å². The van der Waals surface area contributed by atoms with E-state index in [-0.39, 0.29) is 5.78 Å². The number of carbonyl (C=O) groups is 1. The molecule has 1 unspecified atom stereocenters. The van der Waals surface area contributed by atoms with Crippen molar-refractivity contribution in [1.82, 2.24) is 9.88 Å². The second-order valence-corrected chi connectivity index (χ2v) is 5.84. The molecule has 1 aromatic heterocycles. The Balaban J connectivity index is 2.07. The Kier molecular flexibility index (Phi) is 5.48. The topological polar surface area (TPSA) is 42.4 Å². The van der Waals surface area contributed by atoms with Crippen LogP contribution >= 0.6 is 0 Å². The second kappa shape index (κ2) is 7.14. The molecule has 2 rings (SSSR count). The maximum absolute atomic E-state index is 12.8. The molecule has 1 aliphatic rings. The number of hydrogen-bond donors (Lipinski definition) is 0. The lowest BCUT2D eigenvalue weighted by Gasteiger charge is -2.41. The number of nitrogens with zero attached hydrogens (tertiary/aromatic N) is 2. The summed E-state index contributed by atoms with van der Waals surface area (Å²) in [6, 6.07) is 4.04. The Morgan fingerprint density at radius 1 is 1.33 bits per heavy atom. The zero-order valence-electron chi connectivity index (χ0n) is 13.4. The summed E-state index contributed by atoms with van der Waals surface area (Å²) in [6.45, 7) is 9.34. The maximum Gasteiger partial charge on any atom is 0.158 e. The first-order chi connectivity index (χ1) is 10.1. The highest BCUT2D eigenvalue weighted by Gasteiger charge is 2.37. The average Bonchev–Trinajstić information content (AvgIpc) is 2.55. The molecule has 0 aliphatic carbocycles. The van der Waals surface area contributed by atoms with Gasteiger partial charge in [-0.3, -0.25) is 14.7 Å². The Labute approximate surface area is 127 Å². The van der Waals surface area contributed by atoms with Crippen LogP contribution in [0.4, 0.5) is 0 Å². The molecule has 1 fully saturated rings. The van der Waals surface area contributed by atoms with Crippen molar-refractivity contribution in [1.29, 1.82) is 0 Å². The summed E-state index contributed by atoms with van der Waals surface area (Å²) in [5, 5.41) is 0. The molecule has 0 amide bonds. The van der Waals surface area contributed by atoms with E-state index in [2.05, 4.69) is 36.7 Å². The van der Waals surface area contributed by atoms with E-state index in [4.69, 9.17) is 4.74 Å². The van der Waals surface area contributed by atoms with Gasteiger partial charge in [-0.15, -0.1) is 0 Å². The van der Waals surface area contributed by atoms with Crippen molar-refractivity contribution in [2.24, 2.45) is 0 Å². The van der Waals surface area contributed by atoms with Gasteiger partial charge in [-0.1, -0.05) is 19.9 Å². The lowest BCUT2D eigenvalue weighted by Crippen LogP contribution is -2.56. The molecule has 0 saturated carbocycles. The number of aromatic nitrogens is 1. The third-order valence-electron chi connectivity index (χ3n) is 4.63. The van der Waals surface area contributed by atoms with Gasteiger partial charge in [0.2, 0.25) is 0 Å². The zero-order chi connectivity index (χ0) is 15.3. The number of hydrogen-bond acceptors (Lipinski definition) is 4. The van der Waals surface area contributed by atoms with Crippen molar-refractivity contribution in [2.45, 2.75) is 45.6 Å². The van der Waals surface area contributed by atoms with Crippen LogP contribution in [0.5, 0.6) is 0 Å². The molecule has 4 nitrogen and oxygen atoms in total. The van der Waals surface area contributed by atoms with Gasteiger partial charge in [0.15, 0.2) is 5.78 Å². The first-order valence-electron chi connectivity index (χ1n) is 7.90. The van der Waals surface area contributed by atoms with Crippen molar-refractivity contribution >= 4 is 5.78 Å². The molecule has 1 atom stereocenters. The van der Waals surface area contributed by atoms with E-state index in [1.54, 1.807) is 0 Å². The summed E-state index contributed by atoms with van der Waals surface area (Å²) in [4.78, 5) is 19.5. The smallest absolute Gasteiger partial charge is 0.158 e. The van der Waals surface area contributed by atoms with Crippen molar-refractivity contribution in [3.63, 3.8) is 0 Å². The fourth-order valence-corrected chi connectivity index (χ4v) is 2.78. The SMILES string of the molecule is CCc1ccc(CC(=O)C(C)(CC)N2CCOCC2)nc1. The molecule has 4 heteroatoms. The van der Waals surface area contributed by atoms with Gasteiger partial charge in [-0.25, -0.2) is 0 Å². The van der Waals surface area contributed by atoms with Gasteiger partial charge in [-0.2, -0.15) is 0 Å². The molecule has 0 N–H and O–H groups in total. The molecule has 0 radical (unpaired) electrons. The molecule has 0 spiro atoms. The van der Waals surface area contributed by atoms with E-state index in [1.807, 2.05) is 12.3 Å². The minimum Gasteiger partial charge on any atom is -0.379 e. The number of Topliss-reactive ketones (excluding diaryl/α,β-unsaturated/α-hetero) is 1. The highest BCUT2D eigenvalue weighted by molar-refractivity contribution is 5.89. The third kappa shape index (κ3) is 3.69. The lowest BCUT2D eigenvalue weighted by atomic mass is 9.88. The molecular formula is C17H26N2O2. The van der Waals surface area contributed by atoms with E-state index in [0.717, 1.165) is 31.6 Å². The predicted molar refractivity (Wildman–Crippen MR) is 83.4 cm³/mol. The summed E-state index contributed by atoms with van der Waals surface area (Å²) >= 11 is 0. The van der Waals surface area contributed by atoms with Crippen LogP contribution in [0, 0.1) is 0 Å². The van der Waals surface area contributed by atoms with Gasteiger partial charge in [0.1, 0.15) is 0 Å². The highest BCUT2D eigenvalue weighted by Crippen LogP contribution is 2.23. The van der Waals surface area contributed by atoms with Gasteiger partial charge in [-0.05, 0) is 31.4 Å². The summed E-state index contributed by atoms with van der Waals surface area (Å²) in [6.07, 6.45) is 4.08. The number of rotatable bonds is 6. The average molecular weight is 290 g/mol. The number of morpholine rings is 1. The number of ether oxygens (including phenoxy) is 1. The zero-order valence-corrected chi connectivity index (χ0v) is 13.4. The molecule has 1 aliphatic heterocycles. The normalized spacial score (nSPS) is 19.2. The first kappa shape index (κ1) is 16.1. The minimum absolute atomic E-state index is 0.253. The van der Waals surface area contributed by atoms with Crippen LogP contribution < -0.4 is 0 Å². The van der Waals surface area contributed by atoms with Crippen LogP contribution in [0.3, 0.4) is 0 Å². The van der Waals surface area contributed by atoms with Crippen LogP contribution in [-0.4, -0.2) is 47.5 Å². The van der Waals surface area contributed by atoms with Crippen molar-refractivity contribution < 1.29 is 9.53 Å². The third-order valence-corrected chi connectivity index (χ3v) is 4.63. The van der Waals surface area contributed by atoms with Gasteiger partial charge >= 0.3 is 0 Å². The van der Waals surface area contributed by atoms with Gasteiger partial charge in [0.05, 0.1) is 25.2 Å². The molecule has 116 valence electrons. The molecular weight excluding hydrogens is 264 g/mol. The van der Waals surface area contributed by atoms with Crippen LogP contribution in [0.25, 0.3) is 0 Å². The van der Waals surface area contributed by atoms with Gasteiger partial charge in [0.25, 0.3) is 0 Å². The van der Waals surface area contributed by atoms with Crippen molar-refractivity contribution in [3.8, 4) is 0 Å². The van der Waals surface area contributed by atoms with E-state index in [0.29, 0.717) is 19.6 Å². The quantitative estimate of drug-likeness (QED) is 0.806. The maximum atomic E-state index is 12.8. The minimum atomic E-state index is -0.408. The molecule has 0 bridgehead atoms. The summed E-state index contributed by atoms with van der Waals surface area (Å²) in [5.41, 5.74) is 1.66. The van der Waals surface area contributed by atoms with Crippen LogP contribution in [0.1, 0.15) is 38.4 Å². The Morgan fingerprint density at radius 3 is 2.57 bits per heavy atom. The summed E-state index contributed by atoms with van der Waals surface area (Å²) in [7, 11) is 0. The van der Waals surface area contributed by atoms with Crippen molar-refractivity contribution in [2.75, 3.05) is 26.3 Å². The van der Waals surface area contributed by atoms with Gasteiger partial charge in [0, 0.05) is 25.0 Å². The summed E-state index contributed by atoms with van der Waals surface area (Å²) < 4.78 is 5.40. The largest absolute Gasteiger partial charge is 0.379 e. The van der Waals surface area contributed by atoms with E-state index in [9.17, 15) is 4.79 Å². The Hall–Kier alpha value is -1.26. The number of carbonyl (C=O) groups excluding carboxylic acids is 1. The predicted octanol–water partition coefficient (Wildman–Crippen LogP) is 2.26. The van der Waals surface area contributed by atoms with Crippen LogP contribution in [0.2, 0.25) is 0 Å². The number of ketones is 1. The number of pyridine rings is 1. The van der Waals surface area contributed by atoms with Crippen LogP contribution in [-0.2, 0) is 22.4 Å². The summed E-state index contributed by atoms with van der Waals surface area (Å²) in [5.74, 6) is 0.253. The molecule has 2 heterocycles. The standard InChI is InChI=1S/C17H26N2O2/c1-4-14-6-7-15(18-13-14)12-16(20)17(3,5-2)19-8-10-21-11-9-19/h6-7,13H,4-5,8-12H2,1-3H3. The first-order valence-corrected chi connectivity index (χ1v) is 7.90. The van der Waals surface area contributed by atoms with E-state index < -0.39 is 5.54 Å². The number of aryl methyl sites for hydroxylation is 1.